The highest BCUT2D eigenvalue weighted by molar-refractivity contribution is 7.89. The standard InChI is InChI=1S/C15H20N2O2S2/c1-9-8-12(15(16)20)6-7-13(9)21(18,19)17-14(10-2-3-10)11-4-5-11/h6-8,10-11,14,17H,2-5H2,1H3,(H2,16,20). The lowest BCUT2D eigenvalue weighted by Crippen LogP contribution is -2.38. The number of nitrogens with two attached hydrogens (primary N) is 1. The van der Waals surface area contributed by atoms with Crippen molar-refractivity contribution in [3.05, 3.63) is 29.3 Å². The molecule has 1 aromatic rings. The van der Waals surface area contributed by atoms with Crippen molar-refractivity contribution in [1.29, 1.82) is 0 Å². The van der Waals surface area contributed by atoms with Crippen molar-refractivity contribution in [1.82, 2.24) is 4.72 Å². The highest BCUT2D eigenvalue weighted by atomic mass is 32.2. The highest BCUT2D eigenvalue weighted by Crippen LogP contribution is 2.45. The normalized spacial score (nSPS) is 19.0. The van der Waals surface area contributed by atoms with Gasteiger partial charge in [-0.15, -0.1) is 0 Å². The Morgan fingerprint density at radius 1 is 1.29 bits per heavy atom. The van der Waals surface area contributed by atoms with E-state index < -0.39 is 10.0 Å². The average Bonchev–Trinajstić information content (AvgIpc) is 3.27. The van der Waals surface area contributed by atoms with Gasteiger partial charge in [-0.2, -0.15) is 0 Å². The third kappa shape index (κ3) is 3.27. The average molecular weight is 324 g/mol. The predicted molar refractivity (Wildman–Crippen MR) is 86.6 cm³/mol. The molecule has 6 heteroatoms. The van der Waals surface area contributed by atoms with Gasteiger partial charge in [0.15, 0.2) is 0 Å². The van der Waals surface area contributed by atoms with Gasteiger partial charge in [-0.3, -0.25) is 0 Å². The third-order valence-corrected chi connectivity index (χ3v) is 6.16. The van der Waals surface area contributed by atoms with Gasteiger partial charge in [0.25, 0.3) is 0 Å². The van der Waals surface area contributed by atoms with E-state index >= 15 is 0 Å². The third-order valence-electron chi connectivity index (χ3n) is 4.30. The van der Waals surface area contributed by atoms with E-state index in [0.717, 1.165) is 25.7 Å². The number of benzene rings is 1. The van der Waals surface area contributed by atoms with Crippen molar-refractivity contribution in [3.63, 3.8) is 0 Å². The minimum absolute atomic E-state index is 0.115. The van der Waals surface area contributed by atoms with Gasteiger partial charge in [-0.25, -0.2) is 13.1 Å². The summed E-state index contributed by atoms with van der Waals surface area (Å²) in [5, 5.41) is 0. The molecule has 2 aliphatic carbocycles. The molecule has 0 unspecified atom stereocenters. The van der Waals surface area contributed by atoms with Crippen molar-refractivity contribution >= 4 is 27.2 Å². The van der Waals surface area contributed by atoms with Crippen LogP contribution in [0.25, 0.3) is 0 Å². The lowest BCUT2D eigenvalue weighted by Gasteiger charge is -2.19. The van der Waals surface area contributed by atoms with Crippen molar-refractivity contribution < 1.29 is 8.42 Å². The van der Waals surface area contributed by atoms with E-state index in [1.54, 1.807) is 25.1 Å². The fourth-order valence-corrected chi connectivity index (χ4v) is 4.56. The SMILES string of the molecule is Cc1cc(C(N)=S)ccc1S(=O)(=O)NC(C1CC1)C1CC1. The number of hydrogen-bond acceptors (Lipinski definition) is 3. The fourth-order valence-electron chi connectivity index (χ4n) is 2.83. The molecule has 2 aliphatic rings. The van der Waals surface area contributed by atoms with Crippen LogP contribution in [-0.4, -0.2) is 19.4 Å². The molecule has 0 aliphatic heterocycles. The second kappa shape index (κ2) is 5.34. The second-order valence-corrected chi connectivity index (χ2v) is 8.29. The van der Waals surface area contributed by atoms with Crippen LogP contribution in [0.5, 0.6) is 0 Å². The first-order valence-corrected chi connectivity index (χ1v) is 9.20. The zero-order valence-electron chi connectivity index (χ0n) is 12.0. The van der Waals surface area contributed by atoms with Gasteiger partial charge in [-0.05, 0) is 62.1 Å². The van der Waals surface area contributed by atoms with Gasteiger partial charge in [0, 0.05) is 11.6 Å². The van der Waals surface area contributed by atoms with Gasteiger partial charge in [0.2, 0.25) is 10.0 Å². The summed E-state index contributed by atoms with van der Waals surface area (Å²) in [5.74, 6) is 1.06. The number of sulfonamides is 1. The quantitative estimate of drug-likeness (QED) is 0.786. The largest absolute Gasteiger partial charge is 0.389 e. The maximum absolute atomic E-state index is 12.6. The number of thiocarbonyl (C=S) groups is 1. The maximum Gasteiger partial charge on any atom is 0.241 e. The molecule has 0 radical (unpaired) electrons. The summed E-state index contributed by atoms with van der Waals surface area (Å²) in [4.78, 5) is 0.609. The molecule has 114 valence electrons. The molecule has 0 atom stereocenters. The van der Waals surface area contributed by atoms with E-state index in [9.17, 15) is 8.42 Å². The topological polar surface area (TPSA) is 72.2 Å². The number of nitrogens with one attached hydrogen (secondary N) is 1. The highest BCUT2D eigenvalue weighted by Gasteiger charge is 2.43. The van der Waals surface area contributed by atoms with E-state index in [2.05, 4.69) is 4.72 Å². The molecule has 0 bridgehead atoms. The molecule has 21 heavy (non-hydrogen) atoms. The van der Waals surface area contributed by atoms with E-state index in [4.69, 9.17) is 18.0 Å². The molecule has 4 nitrogen and oxygen atoms in total. The van der Waals surface area contributed by atoms with Crippen LogP contribution >= 0.6 is 12.2 Å². The Morgan fingerprint density at radius 3 is 2.29 bits per heavy atom. The van der Waals surface area contributed by atoms with Crippen LogP contribution < -0.4 is 10.5 Å². The van der Waals surface area contributed by atoms with Crippen molar-refractivity contribution in [2.45, 2.75) is 43.5 Å². The molecular weight excluding hydrogens is 304 g/mol. The molecular formula is C15H20N2O2S2. The summed E-state index contributed by atoms with van der Waals surface area (Å²) >= 11 is 4.93. The number of aryl methyl sites for hydroxylation is 1. The van der Waals surface area contributed by atoms with Crippen LogP contribution in [0.2, 0.25) is 0 Å². The molecule has 2 saturated carbocycles. The van der Waals surface area contributed by atoms with Crippen LogP contribution in [0, 0.1) is 18.8 Å². The van der Waals surface area contributed by atoms with Crippen LogP contribution in [-0.2, 0) is 10.0 Å². The minimum atomic E-state index is -3.48. The van der Waals surface area contributed by atoms with E-state index in [1.165, 1.54) is 0 Å². The van der Waals surface area contributed by atoms with Crippen LogP contribution in [0.1, 0.15) is 36.8 Å². The first-order chi connectivity index (χ1) is 9.88. The van der Waals surface area contributed by atoms with Gasteiger partial charge in [0.05, 0.1) is 4.90 Å². The maximum atomic E-state index is 12.6. The minimum Gasteiger partial charge on any atom is -0.389 e. The Balaban J connectivity index is 1.85. The summed E-state index contributed by atoms with van der Waals surface area (Å²) in [6.07, 6.45) is 4.57. The zero-order chi connectivity index (χ0) is 15.2. The lowest BCUT2D eigenvalue weighted by atomic mass is 10.1. The summed E-state index contributed by atoms with van der Waals surface area (Å²) in [5.41, 5.74) is 6.96. The van der Waals surface area contributed by atoms with Gasteiger partial charge < -0.3 is 5.73 Å². The van der Waals surface area contributed by atoms with Gasteiger partial charge in [0.1, 0.15) is 4.99 Å². The Labute approximate surface area is 131 Å². The Morgan fingerprint density at radius 2 is 1.86 bits per heavy atom. The fraction of sp³-hybridized carbons (Fsp3) is 0.533. The number of hydrogen-bond donors (Lipinski definition) is 2. The van der Waals surface area contributed by atoms with Crippen LogP contribution in [0.4, 0.5) is 0 Å². The Hall–Kier alpha value is -0.980. The summed E-state index contributed by atoms with van der Waals surface area (Å²) in [6, 6.07) is 5.13. The zero-order valence-corrected chi connectivity index (χ0v) is 13.6. The molecule has 3 rings (SSSR count). The first-order valence-electron chi connectivity index (χ1n) is 7.31. The lowest BCUT2D eigenvalue weighted by molar-refractivity contribution is 0.471. The van der Waals surface area contributed by atoms with E-state index in [0.29, 0.717) is 27.9 Å². The predicted octanol–water partition coefficient (Wildman–Crippen LogP) is 2.10. The molecule has 0 spiro atoms. The Kier molecular flexibility index (Phi) is 3.80. The summed E-state index contributed by atoms with van der Waals surface area (Å²) < 4.78 is 28.2. The number of rotatable bonds is 6. The molecule has 3 N–H and O–H groups in total. The van der Waals surface area contributed by atoms with Gasteiger partial charge >= 0.3 is 0 Å². The molecule has 0 saturated heterocycles. The van der Waals surface area contributed by atoms with Crippen molar-refractivity contribution in [2.75, 3.05) is 0 Å². The van der Waals surface area contributed by atoms with E-state index in [1.807, 2.05) is 0 Å². The molecule has 0 heterocycles. The van der Waals surface area contributed by atoms with Crippen LogP contribution in [0.15, 0.2) is 23.1 Å². The molecule has 2 fully saturated rings. The van der Waals surface area contributed by atoms with Crippen molar-refractivity contribution in [2.24, 2.45) is 17.6 Å². The smallest absolute Gasteiger partial charge is 0.241 e. The van der Waals surface area contributed by atoms with E-state index in [-0.39, 0.29) is 11.0 Å². The Bertz CT molecular complexity index is 665. The molecule has 1 aromatic carbocycles. The molecule has 0 amide bonds. The summed E-state index contributed by atoms with van der Waals surface area (Å²) in [7, 11) is -3.48. The van der Waals surface area contributed by atoms with Crippen molar-refractivity contribution in [3.8, 4) is 0 Å². The van der Waals surface area contributed by atoms with Gasteiger partial charge in [-0.1, -0.05) is 18.3 Å². The molecule has 0 aromatic heterocycles. The monoisotopic (exact) mass is 324 g/mol. The van der Waals surface area contributed by atoms with Crippen LogP contribution in [0.3, 0.4) is 0 Å². The first kappa shape index (κ1) is 14.9. The second-order valence-electron chi connectivity index (χ2n) is 6.17. The summed E-state index contributed by atoms with van der Waals surface area (Å²) in [6.45, 7) is 1.78.